The van der Waals surface area contributed by atoms with Gasteiger partial charge in [-0.25, -0.2) is 0 Å². The van der Waals surface area contributed by atoms with Crippen molar-refractivity contribution in [1.29, 1.82) is 0 Å². The Balaban J connectivity index is 0.00000441. The van der Waals surface area contributed by atoms with E-state index in [0.717, 1.165) is 31.4 Å². The van der Waals surface area contributed by atoms with Crippen molar-refractivity contribution in [1.82, 2.24) is 10.6 Å². The first-order valence-electron chi connectivity index (χ1n) is 7.31. The second-order valence-electron chi connectivity index (χ2n) is 5.19. The van der Waals surface area contributed by atoms with E-state index in [4.69, 9.17) is 9.47 Å². The summed E-state index contributed by atoms with van der Waals surface area (Å²) in [4.78, 5) is 4.16. The van der Waals surface area contributed by atoms with Crippen LogP contribution in [0.2, 0.25) is 0 Å². The molecule has 0 aromatic heterocycles. The highest BCUT2D eigenvalue weighted by molar-refractivity contribution is 14.0. The lowest BCUT2D eigenvalue weighted by Gasteiger charge is -2.12. The minimum atomic E-state index is 0. The Morgan fingerprint density at radius 2 is 1.86 bits per heavy atom. The van der Waals surface area contributed by atoms with E-state index in [1.54, 1.807) is 14.2 Å². The van der Waals surface area contributed by atoms with E-state index in [2.05, 4.69) is 41.6 Å². The van der Waals surface area contributed by atoms with Crippen LogP contribution < -0.4 is 15.4 Å². The van der Waals surface area contributed by atoms with Gasteiger partial charge in [0.25, 0.3) is 0 Å². The van der Waals surface area contributed by atoms with Gasteiger partial charge in [0, 0.05) is 27.2 Å². The Morgan fingerprint density at radius 3 is 2.41 bits per heavy atom. The summed E-state index contributed by atoms with van der Waals surface area (Å²) in [5.74, 6) is 2.22. The SMILES string of the molecule is CN=C(NCCOC)NCc1ccc(OCC(C)C)cc1.I. The lowest BCUT2D eigenvalue weighted by atomic mass is 10.2. The van der Waals surface area contributed by atoms with Gasteiger partial charge < -0.3 is 20.1 Å². The topological polar surface area (TPSA) is 54.9 Å². The highest BCUT2D eigenvalue weighted by atomic mass is 127. The maximum Gasteiger partial charge on any atom is 0.191 e. The van der Waals surface area contributed by atoms with Gasteiger partial charge in [-0.3, -0.25) is 4.99 Å². The molecule has 0 atom stereocenters. The van der Waals surface area contributed by atoms with E-state index in [1.807, 2.05) is 12.1 Å². The predicted molar refractivity (Wildman–Crippen MR) is 102 cm³/mol. The van der Waals surface area contributed by atoms with Gasteiger partial charge in [-0.2, -0.15) is 0 Å². The van der Waals surface area contributed by atoms with Gasteiger partial charge in [-0.05, 0) is 23.6 Å². The van der Waals surface area contributed by atoms with Crippen molar-refractivity contribution in [3.63, 3.8) is 0 Å². The van der Waals surface area contributed by atoms with Crippen molar-refractivity contribution in [2.75, 3.05) is 33.9 Å². The molecule has 2 N–H and O–H groups in total. The molecule has 0 amide bonds. The highest BCUT2D eigenvalue weighted by Crippen LogP contribution is 2.13. The van der Waals surface area contributed by atoms with Gasteiger partial charge in [-0.1, -0.05) is 26.0 Å². The summed E-state index contributed by atoms with van der Waals surface area (Å²) < 4.78 is 10.7. The molecule has 0 spiro atoms. The molecular formula is C16H28IN3O2. The maximum absolute atomic E-state index is 5.66. The Kier molecular flexibility index (Phi) is 11.9. The van der Waals surface area contributed by atoms with E-state index >= 15 is 0 Å². The molecule has 1 rings (SSSR count). The quantitative estimate of drug-likeness (QED) is 0.293. The first-order chi connectivity index (χ1) is 10.2. The number of halogens is 1. The van der Waals surface area contributed by atoms with Gasteiger partial charge in [0.2, 0.25) is 0 Å². The zero-order valence-corrected chi connectivity index (χ0v) is 16.2. The van der Waals surface area contributed by atoms with Crippen molar-refractivity contribution in [3.05, 3.63) is 29.8 Å². The van der Waals surface area contributed by atoms with E-state index < -0.39 is 0 Å². The molecule has 0 aliphatic heterocycles. The third-order valence-corrected chi connectivity index (χ3v) is 2.79. The molecule has 6 heteroatoms. The molecule has 1 aromatic carbocycles. The zero-order chi connectivity index (χ0) is 15.5. The highest BCUT2D eigenvalue weighted by Gasteiger charge is 2.00. The number of hydrogen-bond acceptors (Lipinski definition) is 3. The van der Waals surface area contributed by atoms with E-state index in [0.29, 0.717) is 12.5 Å². The number of aliphatic imine (C=N–C) groups is 1. The summed E-state index contributed by atoms with van der Waals surface area (Å²) in [5.41, 5.74) is 1.18. The minimum absolute atomic E-state index is 0. The Hall–Kier alpha value is -1.02. The van der Waals surface area contributed by atoms with Gasteiger partial charge in [0.05, 0.1) is 13.2 Å². The van der Waals surface area contributed by atoms with Crippen molar-refractivity contribution < 1.29 is 9.47 Å². The average molecular weight is 421 g/mol. The number of nitrogens with one attached hydrogen (secondary N) is 2. The molecule has 0 aliphatic rings. The zero-order valence-electron chi connectivity index (χ0n) is 13.9. The second kappa shape index (κ2) is 12.5. The molecule has 0 bridgehead atoms. The van der Waals surface area contributed by atoms with Crippen LogP contribution in [0.5, 0.6) is 5.75 Å². The molecule has 0 aliphatic carbocycles. The molecule has 22 heavy (non-hydrogen) atoms. The Bertz CT molecular complexity index is 422. The smallest absolute Gasteiger partial charge is 0.191 e. The molecule has 0 heterocycles. The van der Waals surface area contributed by atoms with E-state index in [1.165, 1.54) is 5.56 Å². The largest absolute Gasteiger partial charge is 0.493 e. The standard InChI is InChI=1S/C16H27N3O2.HI/c1-13(2)12-21-15-7-5-14(6-8-15)11-19-16(17-3)18-9-10-20-4;/h5-8,13H,9-12H2,1-4H3,(H2,17,18,19);1H. The summed E-state index contributed by atoms with van der Waals surface area (Å²) in [6.07, 6.45) is 0. The van der Waals surface area contributed by atoms with Gasteiger partial charge in [-0.15, -0.1) is 24.0 Å². The molecule has 0 saturated heterocycles. The predicted octanol–water partition coefficient (Wildman–Crippen LogP) is 2.65. The average Bonchev–Trinajstić information content (AvgIpc) is 2.49. The first kappa shape index (κ1) is 21.0. The lowest BCUT2D eigenvalue weighted by molar-refractivity contribution is 0.203. The molecule has 0 unspecified atom stereocenters. The minimum Gasteiger partial charge on any atom is -0.493 e. The van der Waals surface area contributed by atoms with Crippen LogP contribution in [-0.2, 0) is 11.3 Å². The van der Waals surface area contributed by atoms with Crippen LogP contribution in [0.1, 0.15) is 19.4 Å². The van der Waals surface area contributed by atoms with Gasteiger partial charge >= 0.3 is 0 Å². The number of guanidine groups is 1. The molecule has 1 aromatic rings. The third-order valence-electron chi connectivity index (χ3n) is 2.79. The van der Waals surface area contributed by atoms with Crippen LogP contribution in [0.15, 0.2) is 29.3 Å². The fourth-order valence-corrected chi connectivity index (χ4v) is 1.64. The van der Waals surface area contributed by atoms with Crippen molar-refractivity contribution in [2.45, 2.75) is 20.4 Å². The maximum atomic E-state index is 5.66. The number of rotatable bonds is 8. The molecule has 126 valence electrons. The monoisotopic (exact) mass is 421 g/mol. The molecule has 0 saturated carbocycles. The summed E-state index contributed by atoms with van der Waals surface area (Å²) in [6, 6.07) is 8.12. The van der Waals surface area contributed by atoms with Crippen LogP contribution in [0.4, 0.5) is 0 Å². The number of ether oxygens (including phenoxy) is 2. The molecule has 0 radical (unpaired) electrons. The van der Waals surface area contributed by atoms with E-state index in [-0.39, 0.29) is 24.0 Å². The van der Waals surface area contributed by atoms with Crippen molar-refractivity contribution >= 4 is 29.9 Å². The van der Waals surface area contributed by atoms with Crippen LogP contribution in [0, 0.1) is 5.92 Å². The summed E-state index contributed by atoms with van der Waals surface area (Å²) >= 11 is 0. The van der Waals surface area contributed by atoms with Crippen LogP contribution in [0.3, 0.4) is 0 Å². The van der Waals surface area contributed by atoms with Crippen LogP contribution in [-0.4, -0.2) is 39.9 Å². The van der Waals surface area contributed by atoms with Crippen LogP contribution in [0.25, 0.3) is 0 Å². The summed E-state index contributed by atoms with van der Waals surface area (Å²) in [6.45, 7) is 7.13. The number of methoxy groups -OCH3 is 1. The number of benzene rings is 1. The summed E-state index contributed by atoms with van der Waals surface area (Å²) in [5, 5.41) is 6.43. The van der Waals surface area contributed by atoms with Crippen molar-refractivity contribution in [2.24, 2.45) is 10.9 Å². The number of nitrogens with zero attached hydrogens (tertiary/aromatic N) is 1. The fourth-order valence-electron chi connectivity index (χ4n) is 1.64. The molecule has 5 nitrogen and oxygen atoms in total. The van der Waals surface area contributed by atoms with Crippen molar-refractivity contribution in [3.8, 4) is 5.75 Å². The second-order valence-corrected chi connectivity index (χ2v) is 5.19. The van der Waals surface area contributed by atoms with Crippen LogP contribution >= 0.6 is 24.0 Å². The first-order valence-corrected chi connectivity index (χ1v) is 7.31. The molecular weight excluding hydrogens is 393 g/mol. The van der Waals surface area contributed by atoms with E-state index in [9.17, 15) is 0 Å². The summed E-state index contributed by atoms with van der Waals surface area (Å²) in [7, 11) is 3.44. The third kappa shape index (κ3) is 9.09. The Morgan fingerprint density at radius 1 is 1.18 bits per heavy atom. The molecule has 0 fully saturated rings. The fraction of sp³-hybridized carbons (Fsp3) is 0.562. The lowest BCUT2D eigenvalue weighted by Crippen LogP contribution is -2.38. The normalized spacial score (nSPS) is 11.0. The van der Waals surface area contributed by atoms with Gasteiger partial charge in [0.15, 0.2) is 5.96 Å². The number of hydrogen-bond donors (Lipinski definition) is 2. The van der Waals surface area contributed by atoms with Gasteiger partial charge in [0.1, 0.15) is 5.75 Å². The Labute approximate surface area is 150 Å².